The van der Waals surface area contributed by atoms with E-state index < -0.39 is 11.9 Å². The van der Waals surface area contributed by atoms with Crippen LogP contribution in [0.4, 0.5) is 0 Å². The summed E-state index contributed by atoms with van der Waals surface area (Å²) in [7, 11) is 0. The fraction of sp³-hybridized carbons (Fsp3) is 0.312. The van der Waals surface area contributed by atoms with E-state index in [0.29, 0.717) is 21.9 Å². The lowest BCUT2D eigenvalue weighted by atomic mass is 10.3. The van der Waals surface area contributed by atoms with Crippen LogP contribution in [-0.2, 0) is 30.3 Å². The molecule has 0 spiro atoms. The van der Waals surface area contributed by atoms with Crippen LogP contribution in [0, 0.1) is 0 Å². The van der Waals surface area contributed by atoms with Gasteiger partial charge in [0.05, 0.1) is 21.8 Å². The molecule has 0 bridgehead atoms. The van der Waals surface area contributed by atoms with Crippen LogP contribution in [0.1, 0.15) is 6.92 Å². The monoisotopic (exact) mass is 382 g/mol. The molecular weight excluding hydrogens is 368 g/mol. The van der Waals surface area contributed by atoms with Gasteiger partial charge in [-0.2, -0.15) is 4.99 Å². The maximum absolute atomic E-state index is 12.3. The van der Waals surface area contributed by atoms with E-state index in [0.717, 1.165) is 4.70 Å². The first-order chi connectivity index (χ1) is 12.1. The van der Waals surface area contributed by atoms with E-state index >= 15 is 0 Å². The first-order valence-electron chi connectivity index (χ1n) is 7.57. The molecular formula is C16H15ClN2O5S. The summed E-state index contributed by atoms with van der Waals surface area (Å²) in [6.07, 6.45) is 1.24. The van der Waals surface area contributed by atoms with Gasteiger partial charge in [0.25, 0.3) is 0 Å². The molecule has 1 aliphatic heterocycles. The van der Waals surface area contributed by atoms with Gasteiger partial charge in [-0.15, -0.1) is 0 Å². The first kappa shape index (κ1) is 17.5. The quantitative estimate of drug-likeness (QED) is 0.758. The Hall–Kier alpha value is -2.32. The largest absolute Gasteiger partial charge is 0.494 e. The molecule has 1 aromatic heterocycles. The molecule has 9 heteroatoms. The first-order valence-corrected chi connectivity index (χ1v) is 8.76. The van der Waals surface area contributed by atoms with Gasteiger partial charge >= 0.3 is 11.9 Å². The number of amides is 1. The Bertz CT molecular complexity index is 915. The molecule has 7 nitrogen and oxygen atoms in total. The van der Waals surface area contributed by atoms with Crippen molar-refractivity contribution in [2.24, 2.45) is 4.99 Å². The van der Waals surface area contributed by atoms with Gasteiger partial charge in [0, 0.05) is 0 Å². The number of para-hydroxylation sites is 1. The third kappa shape index (κ3) is 3.85. The molecule has 0 aliphatic carbocycles. The highest BCUT2D eigenvalue weighted by atomic mass is 35.5. The number of nitrogens with zero attached hydrogens (tertiary/aromatic N) is 2. The van der Waals surface area contributed by atoms with Crippen molar-refractivity contribution < 1.29 is 23.8 Å². The van der Waals surface area contributed by atoms with Crippen LogP contribution in [-0.4, -0.2) is 36.3 Å². The number of fused-ring (bicyclic) bond motifs is 1. The Kier molecular flexibility index (Phi) is 5.40. The minimum Gasteiger partial charge on any atom is -0.494 e. The molecule has 2 aromatic rings. The van der Waals surface area contributed by atoms with Crippen LogP contribution >= 0.6 is 22.9 Å². The van der Waals surface area contributed by atoms with Gasteiger partial charge in [-0.05, 0) is 19.1 Å². The van der Waals surface area contributed by atoms with Crippen LogP contribution in [0.3, 0.4) is 0 Å². The second kappa shape index (κ2) is 7.71. The van der Waals surface area contributed by atoms with Gasteiger partial charge in [0.2, 0.25) is 5.76 Å². The summed E-state index contributed by atoms with van der Waals surface area (Å²) in [4.78, 5) is 28.6. The zero-order valence-corrected chi connectivity index (χ0v) is 14.9. The summed E-state index contributed by atoms with van der Waals surface area (Å²) in [5.41, 5.74) is 0.628. The molecule has 1 aliphatic rings. The normalized spacial score (nSPS) is 14.6. The van der Waals surface area contributed by atoms with Crippen molar-refractivity contribution in [1.29, 1.82) is 0 Å². The van der Waals surface area contributed by atoms with Crippen molar-refractivity contribution in [3.05, 3.63) is 40.0 Å². The number of esters is 1. The standard InChI is InChI=1S/C16H15ClN2O5S/c1-2-23-13(20)8-19-14-10(17)4-3-5-12(14)25-16(19)18-15(21)11-9-22-6-7-24-11/h3-5,9H,2,6-8H2,1H3. The molecule has 132 valence electrons. The summed E-state index contributed by atoms with van der Waals surface area (Å²) in [5.74, 6) is -0.995. The molecule has 0 saturated heterocycles. The zero-order valence-electron chi connectivity index (χ0n) is 13.4. The number of thiazole rings is 1. The number of ether oxygens (including phenoxy) is 3. The van der Waals surface area contributed by atoms with Crippen LogP contribution in [0.5, 0.6) is 0 Å². The molecule has 3 rings (SSSR count). The number of halogens is 1. The van der Waals surface area contributed by atoms with E-state index in [1.54, 1.807) is 23.6 Å². The van der Waals surface area contributed by atoms with E-state index in [2.05, 4.69) is 4.99 Å². The number of rotatable bonds is 4. The molecule has 0 atom stereocenters. The van der Waals surface area contributed by atoms with Gasteiger partial charge in [-0.1, -0.05) is 29.0 Å². The van der Waals surface area contributed by atoms with E-state index in [1.165, 1.54) is 17.6 Å². The lowest BCUT2D eigenvalue weighted by molar-refractivity contribution is -0.143. The Morgan fingerprint density at radius 1 is 1.40 bits per heavy atom. The number of hydrogen-bond acceptors (Lipinski definition) is 6. The minimum absolute atomic E-state index is 0.0255. The van der Waals surface area contributed by atoms with Crippen LogP contribution < -0.4 is 4.80 Å². The summed E-state index contributed by atoms with van der Waals surface area (Å²) in [5, 5.41) is 0.461. The Labute approximate surface area is 152 Å². The molecule has 0 saturated carbocycles. The summed E-state index contributed by atoms with van der Waals surface area (Å²) in [6, 6.07) is 5.35. The topological polar surface area (TPSA) is 79.1 Å². The highest BCUT2D eigenvalue weighted by molar-refractivity contribution is 7.16. The molecule has 1 amide bonds. The van der Waals surface area contributed by atoms with Crippen molar-refractivity contribution in [3.8, 4) is 0 Å². The average molecular weight is 383 g/mol. The molecule has 0 fully saturated rings. The van der Waals surface area contributed by atoms with Crippen molar-refractivity contribution in [2.75, 3.05) is 19.8 Å². The smallest absolute Gasteiger partial charge is 0.326 e. The third-order valence-electron chi connectivity index (χ3n) is 3.30. The SMILES string of the molecule is CCOC(=O)Cn1c(=NC(=O)C2=COCCO2)sc2cccc(Cl)c21. The molecule has 0 radical (unpaired) electrons. The van der Waals surface area contributed by atoms with Crippen molar-refractivity contribution in [3.63, 3.8) is 0 Å². The van der Waals surface area contributed by atoms with Gasteiger partial charge in [0.15, 0.2) is 4.80 Å². The maximum Gasteiger partial charge on any atom is 0.326 e. The fourth-order valence-corrected chi connectivity index (χ4v) is 3.66. The molecule has 1 aromatic carbocycles. The van der Waals surface area contributed by atoms with Crippen molar-refractivity contribution in [1.82, 2.24) is 4.57 Å². The van der Waals surface area contributed by atoms with Gasteiger partial charge in [0.1, 0.15) is 26.0 Å². The van der Waals surface area contributed by atoms with Crippen molar-refractivity contribution in [2.45, 2.75) is 13.5 Å². The van der Waals surface area contributed by atoms with E-state index in [4.69, 9.17) is 25.8 Å². The Morgan fingerprint density at radius 3 is 2.96 bits per heavy atom. The van der Waals surface area contributed by atoms with Crippen LogP contribution in [0.15, 0.2) is 35.2 Å². The van der Waals surface area contributed by atoms with Crippen molar-refractivity contribution >= 4 is 45.0 Å². The Balaban J connectivity index is 2.08. The number of benzene rings is 1. The van der Waals surface area contributed by atoms with E-state index in [-0.39, 0.29) is 25.5 Å². The number of carbonyl (C=O) groups is 2. The van der Waals surface area contributed by atoms with E-state index in [1.807, 2.05) is 6.07 Å². The van der Waals surface area contributed by atoms with Crippen LogP contribution in [0.2, 0.25) is 5.02 Å². The fourth-order valence-electron chi connectivity index (χ4n) is 2.28. The second-order valence-corrected chi connectivity index (χ2v) is 6.40. The molecule has 0 unspecified atom stereocenters. The van der Waals surface area contributed by atoms with Gasteiger partial charge in [-0.25, -0.2) is 0 Å². The number of hydrogen-bond donors (Lipinski definition) is 0. The van der Waals surface area contributed by atoms with Crippen LogP contribution in [0.25, 0.3) is 10.2 Å². The minimum atomic E-state index is -0.583. The van der Waals surface area contributed by atoms with E-state index in [9.17, 15) is 9.59 Å². The Morgan fingerprint density at radius 2 is 2.24 bits per heavy atom. The summed E-state index contributed by atoms with van der Waals surface area (Å²) in [6.45, 7) is 2.56. The lowest BCUT2D eigenvalue weighted by Crippen LogP contribution is -2.24. The van der Waals surface area contributed by atoms with Gasteiger partial charge in [-0.3, -0.25) is 9.59 Å². The summed E-state index contributed by atoms with van der Waals surface area (Å²) < 4.78 is 17.7. The maximum atomic E-state index is 12.3. The predicted molar refractivity (Wildman–Crippen MR) is 92.0 cm³/mol. The van der Waals surface area contributed by atoms with Gasteiger partial charge < -0.3 is 18.8 Å². The molecule has 25 heavy (non-hydrogen) atoms. The third-order valence-corrected chi connectivity index (χ3v) is 4.65. The number of aromatic nitrogens is 1. The summed E-state index contributed by atoms with van der Waals surface area (Å²) >= 11 is 7.52. The molecule has 0 N–H and O–H groups in total. The second-order valence-electron chi connectivity index (χ2n) is 4.98. The predicted octanol–water partition coefficient (Wildman–Crippen LogP) is 2.23. The molecule has 2 heterocycles. The number of carbonyl (C=O) groups excluding carboxylic acids is 2. The average Bonchev–Trinajstić information content (AvgIpc) is 2.94. The lowest BCUT2D eigenvalue weighted by Gasteiger charge is -2.12. The zero-order chi connectivity index (χ0) is 17.8. The highest BCUT2D eigenvalue weighted by Gasteiger charge is 2.17. The highest BCUT2D eigenvalue weighted by Crippen LogP contribution is 2.25.